The summed E-state index contributed by atoms with van der Waals surface area (Å²) in [6.07, 6.45) is 15.9. The van der Waals surface area contributed by atoms with Crippen LogP contribution in [-0.2, 0) is 9.59 Å². The van der Waals surface area contributed by atoms with Crippen LogP contribution in [0.15, 0.2) is 0 Å². The fourth-order valence-electron chi connectivity index (χ4n) is 3.66. The van der Waals surface area contributed by atoms with Crippen LogP contribution in [0, 0.1) is 0 Å². The number of aliphatic carboxylic acids is 1. The molecule has 0 bridgehead atoms. The normalized spacial score (nSPS) is 12.1. The number of carboxylic acid groups (broad SMARTS) is 1. The highest BCUT2D eigenvalue weighted by Crippen LogP contribution is 2.26. The summed E-state index contributed by atoms with van der Waals surface area (Å²) < 4.78 is -0.665. The topological polar surface area (TPSA) is 113 Å². The lowest BCUT2D eigenvalue weighted by Crippen LogP contribution is -2.46. The lowest BCUT2D eigenvalue weighted by molar-refractivity contribution is -0.138. The van der Waals surface area contributed by atoms with E-state index in [1.807, 2.05) is 26.1 Å². The van der Waals surface area contributed by atoms with E-state index in [4.69, 9.17) is 10.8 Å². The van der Waals surface area contributed by atoms with Gasteiger partial charge in [0, 0.05) is 6.04 Å². The van der Waals surface area contributed by atoms with E-state index in [-0.39, 0.29) is 12.5 Å². The Kier molecular flexibility index (Phi) is 22.0. The lowest BCUT2D eigenvalue weighted by atomic mass is 10.0. The molecule has 0 rings (SSSR count). The van der Waals surface area contributed by atoms with Crippen LogP contribution in [0.3, 0.4) is 0 Å². The Morgan fingerprint density at radius 3 is 1.73 bits per heavy atom. The maximum atomic E-state index is 11.3. The van der Waals surface area contributed by atoms with Crippen molar-refractivity contribution >= 4 is 33.8 Å². The van der Waals surface area contributed by atoms with Crippen LogP contribution in [0.5, 0.6) is 0 Å². The van der Waals surface area contributed by atoms with Gasteiger partial charge in [0.05, 0.1) is 6.54 Å². The van der Waals surface area contributed by atoms with Crippen molar-refractivity contribution < 1.29 is 19.5 Å². The van der Waals surface area contributed by atoms with Crippen molar-refractivity contribution in [3.63, 3.8) is 0 Å². The molecule has 0 saturated heterocycles. The highest BCUT2D eigenvalue weighted by Gasteiger charge is 2.32. The maximum absolute atomic E-state index is 11.3. The molecular weight excluding hydrogens is 486 g/mol. The molecule has 196 valence electrons. The zero-order valence-corrected chi connectivity index (χ0v) is 23.3. The van der Waals surface area contributed by atoms with E-state index in [0.29, 0.717) is 18.9 Å². The molecule has 0 fully saturated rings. The SMILES string of the molecule is CCC(Br)(CC)C(=O)NC(N)=O.CCCCCCCCCCCCC(C)N(CC)CC(=O)O. The Morgan fingerprint density at radius 2 is 1.36 bits per heavy atom. The smallest absolute Gasteiger partial charge is 0.318 e. The van der Waals surface area contributed by atoms with Crippen molar-refractivity contribution in [1.29, 1.82) is 0 Å². The summed E-state index contributed by atoms with van der Waals surface area (Å²) in [6.45, 7) is 11.2. The molecule has 0 heterocycles. The van der Waals surface area contributed by atoms with Gasteiger partial charge in [-0.2, -0.15) is 0 Å². The minimum Gasteiger partial charge on any atom is -0.480 e. The molecule has 8 heteroatoms. The molecule has 0 aromatic heterocycles. The third-order valence-corrected chi connectivity index (χ3v) is 7.59. The number of hydrogen-bond donors (Lipinski definition) is 3. The number of primary amides is 1. The Balaban J connectivity index is 0. The van der Waals surface area contributed by atoms with Gasteiger partial charge in [-0.15, -0.1) is 0 Å². The maximum Gasteiger partial charge on any atom is 0.318 e. The molecule has 4 N–H and O–H groups in total. The van der Waals surface area contributed by atoms with Crippen LogP contribution >= 0.6 is 15.9 Å². The fraction of sp³-hybridized carbons (Fsp3) is 0.880. The first-order valence-electron chi connectivity index (χ1n) is 12.8. The predicted octanol–water partition coefficient (Wildman–Crippen LogP) is 6.23. The van der Waals surface area contributed by atoms with Gasteiger partial charge < -0.3 is 10.8 Å². The second-order valence-corrected chi connectivity index (χ2v) is 10.3. The third kappa shape index (κ3) is 18.9. The summed E-state index contributed by atoms with van der Waals surface area (Å²) >= 11 is 3.26. The molecule has 1 unspecified atom stereocenters. The van der Waals surface area contributed by atoms with E-state index >= 15 is 0 Å². The number of unbranched alkanes of at least 4 members (excludes halogenated alkanes) is 9. The number of halogens is 1. The number of carbonyl (C=O) groups is 3. The number of nitrogens with one attached hydrogen (secondary N) is 1. The molecule has 0 aromatic rings. The summed E-state index contributed by atoms with van der Waals surface area (Å²) in [5.74, 6) is -1.09. The molecule has 0 aliphatic carbocycles. The average Bonchev–Trinajstić information content (AvgIpc) is 2.77. The van der Waals surface area contributed by atoms with Crippen molar-refractivity contribution in [2.45, 2.75) is 128 Å². The largest absolute Gasteiger partial charge is 0.480 e. The first kappa shape index (κ1) is 34.0. The average molecular weight is 537 g/mol. The van der Waals surface area contributed by atoms with Gasteiger partial charge in [0.1, 0.15) is 4.32 Å². The molecule has 3 amide bonds. The summed E-state index contributed by atoms with van der Waals surface area (Å²) in [6, 6.07) is -0.425. The van der Waals surface area contributed by atoms with Crippen molar-refractivity contribution in [2.24, 2.45) is 5.73 Å². The number of amides is 3. The van der Waals surface area contributed by atoms with Crippen LogP contribution in [-0.4, -0.2) is 51.4 Å². The number of imide groups is 1. The quantitative estimate of drug-likeness (QED) is 0.142. The van der Waals surface area contributed by atoms with E-state index in [0.717, 1.165) is 13.0 Å². The molecule has 0 aromatic carbocycles. The minimum atomic E-state index is -0.814. The van der Waals surface area contributed by atoms with Crippen LogP contribution in [0.1, 0.15) is 118 Å². The first-order chi connectivity index (χ1) is 15.6. The van der Waals surface area contributed by atoms with Gasteiger partial charge in [0.15, 0.2) is 0 Å². The first-order valence-corrected chi connectivity index (χ1v) is 13.6. The fourth-order valence-corrected chi connectivity index (χ4v) is 3.76. The van der Waals surface area contributed by atoms with Crippen LogP contribution < -0.4 is 11.1 Å². The number of likely N-dealkylation sites (N-methyl/N-ethyl adjacent to an activating group) is 1. The highest BCUT2D eigenvalue weighted by atomic mass is 79.9. The Hall–Kier alpha value is -1.15. The Labute approximate surface area is 210 Å². The van der Waals surface area contributed by atoms with Crippen molar-refractivity contribution in [2.75, 3.05) is 13.1 Å². The Morgan fingerprint density at radius 1 is 0.909 bits per heavy atom. The van der Waals surface area contributed by atoms with Crippen LogP contribution in [0.4, 0.5) is 4.79 Å². The monoisotopic (exact) mass is 535 g/mol. The van der Waals surface area contributed by atoms with Crippen LogP contribution in [0.25, 0.3) is 0 Å². The van der Waals surface area contributed by atoms with E-state index in [1.165, 1.54) is 64.2 Å². The number of urea groups is 1. The van der Waals surface area contributed by atoms with Gasteiger partial charge in [0.2, 0.25) is 5.91 Å². The van der Waals surface area contributed by atoms with Gasteiger partial charge in [0.25, 0.3) is 0 Å². The molecule has 0 spiro atoms. The minimum absolute atomic E-state index is 0.176. The van der Waals surface area contributed by atoms with Crippen molar-refractivity contribution in [3.05, 3.63) is 0 Å². The molecular formula is C25H50BrN3O4. The van der Waals surface area contributed by atoms with Gasteiger partial charge >= 0.3 is 12.0 Å². The summed E-state index contributed by atoms with van der Waals surface area (Å²) in [7, 11) is 0. The number of nitrogens with zero attached hydrogens (tertiary/aromatic N) is 1. The standard InChI is InChI=1S/C18H37NO2.C7H13BrN2O2/c1-4-6-7-8-9-10-11-12-13-14-15-17(3)19(5-2)16-18(20)21;1-3-7(8,4-2)5(11)10-6(9)12/h17H,4-16H2,1-3H3,(H,20,21);3-4H2,1-2H3,(H3,9,10,11,12). The summed E-state index contributed by atoms with van der Waals surface area (Å²) in [5.41, 5.74) is 4.81. The van der Waals surface area contributed by atoms with E-state index in [2.05, 4.69) is 34.7 Å². The summed E-state index contributed by atoms with van der Waals surface area (Å²) in [5, 5.41) is 10.9. The second-order valence-electron chi connectivity index (χ2n) is 8.77. The molecule has 0 aliphatic rings. The molecule has 0 saturated carbocycles. The number of rotatable bonds is 18. The van der Waals surface area contributed by atoms with E-state index in [9.17, 15) is 14.4 Å². The highest BCUT2D eigenvalue weighted by molar-refractivity contribution is 9.10. The third-order valence-electron chi connectivity index (χ3n) is 6.11. The number of hydrogen-bond acceptors (Lipinski definition) is 4. The van der Waals surface area contributed by atoms with Crippen molar-refractivity contribution in [3.8, 4) is 0 Å². The van der Waals surface area contributed by atoms with E-state index in [1.54, 1.807) is 0 Å². The number of carboxylic acids is 1. The Bertz CT molecular complexity index is 528. The predicted molar refractivity (Wildman–Crippen MR) is 141 cm³/mol. The van der Waals surface area contributed by atoms with Gasteiger partial charge in [-0.1, -0.05) is 108 Å². The molecule has 1 atom stereocenters. The summed E-state index contributed by atoms with van der Waals surface area (Å²) in [4.78, 5) is 34.5. The zero-order chi connectivity index (χ0) is 25.7. The number of alkyl halides is 1. The van der Waals surface area contributed by atoms with Gasteiger partial charge in [-0.3, -0.25) is 19.8 Å². The van der Waals surface area contributed by atoms with Crippen molar-refractivity contribution in [1.82, 2.24) is 10.2 Å². The molecule has 0 radical (unpaired) electrons. The molecule has 7 nitrogen and oxygen atoms in total. The molecule has 33 heavy (non-hydrogen) atoms. The van der Waals surface area contributed by atoms with E-state index < -0.39 is 16.3 Å². The lowest BCUT2D eigenvalue weighted by Gasteiger charge is -2.26. The number of carbonyl (C=O) groups excluding carboxylic acids is 2. The molecule has 0 aliphatic heterocycles. The van der Waals surface area contributed by atoms with Gasteiger partial charge in [-0.05, 0) is 32.7 Å². The zero-order valence-electron chi connectivity index (χ0n) is 21.8. The van der Waals surface area contributed by atoms with Crippen LogP contribution in [0.2, 0.25) is 0 Å². The second kappa shape index (κ2) is 21.4. The van der Waals surface area contributed by atoms with Gasteiger partial charge in [-0.25, -0.2) is 4.79 Å². The number of nitrogens with two attached hydrogens (primary N) is 1.